The number of hydrogen-bond acceptors (Lipinski definition) is 3. The van der Waals surface area contributed by atoms with Crippen LogP contribution >= 0.6 is 0 Å². The van der Waals surface area contributed by atoms with E-state index in [-0.39, 0.29) is 18.3 Å². The van der Waals surface area contributed by atoms with E-state index in [9.17, 15) is 10.2 Å². The Hall–Kier alpha value is -2.00. The Labute approximate surface area is 119 Å². The van der Waals surface area contributed by atoms with Crippen LogP contribution in [0.3, 0.4) is 0 Å². The molecule has 3 nitrogen and oxygen atoms in total. The molecule has 0 saturated heterocycles. The summed E-state index contributed by atoms with van der Waals surface area (Å²) in [6, 6.07) is 15.1. The Bertz CT molecular complexity index is 551. The van der Waals surface area contributed by atoms with Gasteiger partial charge in [0.15, 0.2) is 0 Å². The SMILES string of the molecule is COc1cccc(CC(CO)Cc2cccc(O)c2)c1. The zero-order valence-electron chi connectivity index (χ0n) is 11.6. The molecule has 0 aliphatic heterocycles. The van der Waals surface area contributed by atoms with E-state index in [0.29, 0.717) is 0 Å². The number of methoxy groups -OCH3 is 1. The van der Waals surface area contributed by atoms with Crippen LogP contribution in [-0.2, 0) is 12.8 Å². The van der Waals surface area contributed by atoms with Gasteiger partial charge in [-0.25, -0.2) is 0 Å². The second-order valence-electron chi connectivity index (χ2n) is 4.98. The molecule has 0 aliphatic carbocycles. The molecule has 0 aromatic heterocycles. The van der Waals surface area contributed by atoms with Gasteiger partial charge >= 0.3 is 0 Å². The molecule has 20 heavy (non-hydrogen) atoms. The first kappa shape index (κ1) is 14.4. The smallest absolute Gasteiger partial charge is 0.119 e. The first-order valence-corrected chi connectivity index (χ1v) is 6.73. The highest BCUT2D eigenvalue weighted by atomic mass is 16.5. The molecule has 2 rings (SSSR count). The average molecular weight is 272 g/mol. The van der Waals surface area contributed by atoms with Crippen molar-refractivity contribution in [2.45, 2.75) is 12.8 Å². The van der Waals surface area contributed by atoms with Gasteiger partial charge in [-0.05, 0) is 54.2 Å². The third-order valence-corrected chi connectivity index (χ3v) is 3.35. The van der Waals surface area contributed by atoms with Crippen LogP contribution in [0.25, 0.3) is 0 Å². The summed E-state index contributed by atoms with van der Waals surface area (Å²) in [7, 11) is 1.65. The molecule has 0 radical (unpaired) electrons. The van der Waals surface area contributed by atoms with E-state index in [4.69, 9.17) is 4.74 Å². The van der Waals surface area contributed by atoms with Crippen molar-refractivity contribution < 1.29 is 14.9 Å². The van der Waals surface area contributed by atoms with Crippen molar-refractivity contribution in [3.05, 3.63) is 59.7 Å². The van der Waals surface area contributed by atoms with Gasteiger partial charge in [0.05, 0.1) is 7.11 Å². The fourth-order valence-corrected chi connectivity index (χ4v) is 2.35. The van der Waals surface area contributed by atoms with Crippen LogP contribution in [-0.4, -0.2) is 23.9 Å². The molecule has 2 aromatic rings. The monoisotopic (exact) mass is 272 g/mol. The van der Waals surface area contributed by atoms with Crippen molar-refractivity contribution in [3.8, 4) is 11.5 Å². The molecule has 2 N–H and O–H groups in total. The van der Waals surface area contributed by atoms with Crippen LogP contribution in [0.2, 0.25) is 0 Å². The van der Waals surface area contributed by atoms with E-state index < -0.39 is 0 Å². The summed E-state index contributed by atoms with van der Waals surface area (Å²) in [5.41, 5.74) is 2.18. The molecule has 1 atom stereocenters. The quantitative estimate of drug-likeness (QED) is 0.850. The lowest BCUT2D eigenvalue weighted by Crippen LogP contribution is -2.13. The van der Waals surface area contributed by atoms with E-state index in [2.05, 4.69) is 0 Å². The Morgan fingerprint density at radius 1 is 1.00 bits per heavy atom. The summed E-state index contributed by atoms with van der Waals surface area (Å²) in [6.45, 7) is 0.118. The fourth-order valence-electron chi connectivity index (χ4n) is 2.35. The van der Waals surface area contributed by atoms with Gasteiger partial charge in [-0.3, -0.25) is 0 Å². The third-order valence-electron chi connectivity index (χ3n) is 3.35. The molecule has 2 aromatic carbocycles. The molecule has 0 heterocycles. The molecule has 0 amide bonds. The third kappa shape index (κ3) is 4.00. The summed E-state index contributed by atoms with van der Waals surface area (Å²) in [5, 5.41) is 19.0. The zero-order valence-corrected chi connectivity index (χ0v) is 11.6. The van der Waals surface area contributed by atoms with Crippen molar-refractivity contribution in [1.82, 2.24) is 0 Å². The highest BCUT2D eigenvalue weighted by Crippen LogP contribution is 2.20. The predicted octanol–water partition coefficient (Wildman–Crippen LogP) is 2.79. The number of phenols is 1. The van der Waals surface area contributed by atoms with Crippen molar-refractivity contribution in [2.24, 2.45) is 5.92 Å². The van der Waals surface area contributed by atoms with Gasteiger partial charge < -0.3 is 14.9 Å². The maximum atomic E-state index is 9.55. The molecule has 0 bridgehead atoms. The van der Waals surface area contributed by atoms with E-state index in [1.165, 1.54) is 0 Å². The summed E-state index contributed by atoms with van der Waals surface area (Å²) < 4.78 is 5.21. The van der Waals surface area contributed by atoms with Gasteiger partial charge in [-0.1, -0.05) is 24.3 Å². The van der Waals surface area contributed by atoms with Crippen molar-refractivity contribution >= 4 is 0 Å². The van der Waals surface area contributed by atoms with Gasteiger partial charge in [-0.15, -0.1) is 0 Å². The Morgan fingerprint density at radius 3 is 2.25 bits per heavy atom. The second kappa shape index (κ2) is 6.96. The lowest BCUT2D eigenvalue weighted by Gasteiger charge is -2.15. The number of phenolic OH excluding ortho intramolecular Hbond substituents is 1. The highest BCUT2D eigenvalue weighted by molar-refractivity contribution is 5.30. The molecule has 0 fully saturated rings. The first-order chi connectivity index (χ1) is 9.71. The minimum atomic E-state index is 0.118. The number of aliphatic hydroxyl groups is 1. The minimum absolute atomic E-state index is 0.118. The lowest BCUT2D eigenvalue weighted by atomic mass is 9.93. The van der Waals surface area contributed by atoms with Crippen LogP contribution < -0.4 is 4.74 Å². The largest absolute Gasteiger partial charge is 0.508 e. The maximum absolute atomic E-state index is 9.55. The van der Waals surface area contributed by atoms with Crippen LogP contribution in [0.1, 0.15) is 11.1 Å². The first-order valence-electron chi connectivity index (χ1n) is 6.73. The molecule has 106 valence electrons. The topological polar surface area (TPSA) is 49.7 Å². The van der Waals surface area contributed by atoms with Gasteiger partial charge in [0, 0.05) is 6.61 Å². The fraction of sp³-hybridized carbons (Fsp3) is 0.294. The van der Waals surface area contributed by atoms with Crippen LogP contribution in [0.15, 0.2) is 48.5 Å². The van der Waals surface area contributed by atoms with E-state index in [1.54, 1.807) is 19.2 Å². The van der Waals surface area contributed by atoms with Crippen molar-refractivity contribution in [3.63, 3.8) is 0 Å². The number of benzene rings is 2. The Balaban J connectivity index is 2.05. The lowest BCUT2D eigenvalue weighted by molar-refractivity contribution is 0.225. The van der Waals surface area contributed by atoms with Gasteiger partial charge in [-0.2, -0.15) is 0 Å². The number of aromatic hydroxyl groups is 1. The Morgan fingerprint density at radius 2 is 1.65 bits per heavy atom. The van der Waals surface area contributed by atoms with Crippen LogP contribution in [0.4, 0.5) is 0 Å². The standard InChI is InChI=1S/C17H20O3/c1-20-17-7-3-5-14(11-17)9-15(12-18)8-13-4-2-6-16(19)10-13/h2-7,10-11,15,18-19H,8-9,12H2,1H3. The van der Waals surface area contributed by atoms with E-state index >= 15 is 0 Å². The van der Waals surface area contributed by atoms with Crippen molar-refractivity contribution in [2.75, 3.05) is 13.7 Å². The van der Waals surface area contributed by atoms with Gasteiger partial charge in [0.25, 0.3) is 0 Å². The van der Waals surface area contributed by atoms with E-state index in [0.717, 1.165) is 29.7 Å². The molecule has 0 aliphatic rings. The second-order valence-corrected chi connectivity index (χ2v) is 4.98. The normalized spacial score (nSPS) is 12.1. The van der Waals surface area contributed by atoms with Crippen molar-refractivity contribution in [1.29, 1.82) is 0 Å². The average Bonchev–Trinajstić information content (AvgIpc) is 2.47. The van der Waals surface area contributed by atoms with Gasteiger partial charge in [0.1, 0.15) is 11.5 Å². The number of aliphatic hydroxyl groups excluding tert-OH is 1. The molecule has 0 saturated carbocycles. The van der Waals surface area contributed by atoms with Gasteiger partial charge in [0.2, 0.25) is 0 Å². The summed E-state index contributed by atoms with van der Waals surface area (Å²) in [6.07, 6.45) is 1.52. The number of hydrogen-bond donors (Lipinski definition) is 2. The molecule has 1 unspecified atom stereocenters. The predicted molar refractivity (Wildman–Crippen MR) is 79.1 cm³/mol. The van der Waals surface area contributed by atoms with Crippen LogP contribution in [0, 0.1) is 5.92 Å². The summed E-state index contributed by atoms with van der Waals surface area (Å²) >= 11 is 0. The highest BCUT2D eigenvalue weighted by Gasteiger charge is 2.10. The number of rotatable bonds is 6. The van der Waals surface area contributed by atoms with Crippen LogP contribution in [0.5, 0.6) is 11.5 Å². The molecule has 0 spiro atoms. The zero-order chi connectivity index (χ0) is 14.4. The molecular formula is C17H20O3. The summed E-state index contributed by atoms with van der Waals surface area (Å²) in [5.74, 6) is 1.22. The molecular weight excluding hydrogens is 252 g/mol. The molecule has 3 heteroatoms. The Kier molecular flexibility index (Phi) is 5.02. The minimum Gasteiger partial charge on any atom is -0.508 e. The summed E-state index contributed by atoms with van der Waals surface area (Å²) in [4.78, 5) is 0. The van der Waals surface area contributed by atoms with E-state index in [1.807, 2.05) is 36.4 Å². The maximum Gasteiger partial charge on any atom is 0.119 e. The number of ether oxygens (including phenoxy) is 1.